The summed E-state index contributed by atoms with van der Waals surface area (Å²) in [6, 6.07) is 9.57. The molecule has 1 aromatic rings. The first-order valence-electron chi connectivity index (χ1n) is 9.13. The highest BCUT2D eigenvalue weighted by atomic mass is 16.4. The minimum atomic E-state index is -0.878. The van der Waals surface area contributed by atoms with Gasteiger partial charge in [0.2, 0.25) is 5.91 Å². The second-order valence-corrected chi connectivity index (χ2v) is 7.52. The number of hydrogen-bond acceptors (Lipinski definition) is 2. The third kappa shape index (κ3) is 3.97. The van der Waals surface area contributed by atoms with Crippen LogP contribution in [0.15, 0.2) is 30.3 Å². The number of amides is 1. The molecule has 1 aliphatic carbocycles. The number of carbonyl (C=O) groups is 2. The molecule has 1 heterocycles. The molecule has 2 aliphatic rings. The summed E-state index contributed by atoms with van der Waals surface area (Å²) in [5.74, 6) is -1.51. The molecular formula is C20H27NO3. The zero-order valence-corrected chi connectivity index (χ0v) is 14.2. The van der Waals surface area contributed by atoms with E-state index in [9.17, 15) is 14.7 Å². The maximum Gasteiger partial charge on any atom is 0.307 e. The summed E-state index contributed by atoms with van der Waals surface area (Å²) in [6.07, 6.45) is 7.97. The van der Waals surface area contributed by atoms with Crippen molar-refractivity contribution in [2.45, 2.75) is 51.4 Å². The topological polar surface area (TPSA) is 57.6 Å². The number of carbonyl (C=O) groups excluding carboxylic acids is 1. The Morgan fingerprint density at radius 1 is 1.04 bits per heavy atom. The number of hydrogen-bond donors (Lipinski definition) is 1. The molecule has 3 rings (SSSR count). The lowest BCUT2D eigenvalue weighted by Crippen LogP contribution is -2.43. The SMILES string of the molecule is O=C(O)C(CC(=O)N1CCC2(CCCC2)CC1)Cc1ccccc1. The Hall–Kier alpha value is -1.84. The smallest absolute Gasteiger partial charge is 0.307 e. The second-order valence-electron chi connectivity index (χ2n) is 7.52. The summed E-state index contributed by atoms with van der Waals surface area (Å²) < 4.78 is 0. The lowest BCUT2D eigenvalue weighted by atomic mass is 9.77. The van der Waals surface area contributed by atoms with Crippen molar-refractivity contribution in [3.8, 4) is 0 Å². The third-order valence-electron chi connectivity index (χ3n) is 5.94. The Kier molecular flexibility index (Phi) is 5.22. The molecule has 4 heteroatoms. The number of likely N-dealkylation sites (tertiary alicyclic amines) is 1. The van der Waals surface area contributed by atoms with Crippen molar-refractivity contribution in [2.75, 3.05) is 13.1 Å². The van der Waals surface area contributed by atoms with Gasteiger partial charge in [0.25, 0.3) is 0 Å². The molecule has 1 atom stereocenters. The molecule has 1 N–H and O–H groups in total. The predicted molar refractivity (Wildman–Crippen MR) is 92.6 cm³/mol. The highest BCUT2D eigenvalue weighted by molar-refractivity contribution is 5.82. The molecule has 0 aromatic heterocycles. The van der Waals surface area contributed by atoms with Crippen LogP contribution in [0.4, 0.5) is 0 Å². The van der Waals surface area contributed by atoms with Crippen molar-refractivity contribution in [1.29, 1.82) is 0 Å². The van der Waals surface area contributed by atoms with Crippen LogP contribution in [-0.2, 0) is 16.0 Å². The van der Waals surface area contributed by atoms with Crippen LogP contribution in [0.5, 0.6) is 0 Å². The van der Waals surface area contributed by atoms with Gasteiger partial charge in [-0.2, -0.15) is 0 Å². The monoisotopic (exact) mass is 329 g/mol. The molecule has 24 heavy (non-hydrogen) atoms. The molecule has 1 aromatic carbocycles. The first-order chi connectivity index (χ1) is 11.6. The molecule has 2 fully saturated rings. The van der Waals surface area contributed by atoms with Gasteiger partial charge in [-0.1, -0.05) is 43.2 Å². The number of nitrogens with zero attached hydrogens (tertiary/aromatic N) is 1. The van der Waals surface area contributed by atoms with Crippen molar-refractivity contribution in [1.82, 2.24) is 4.90 Å². The number of rotatable bonds is 5. The lowest BCUT2D eigenvalue weighted by Gasteiger charge is -2.39. The quantitative estimate of drug-likeness (QED) is 0.899. The molecule has 1 saturated heterocycles. The summed E-state index contributed by atoms with van der Waals surface area (Å²) in [6.45, 7) is 1.60. The summed E-state index contributed by atoms with van der Waals surface area (Å²) in [5, 5.41) is 9.48. The molecule has 1 amide bonds. The van der Waals surface area contributed by atoms with Gasteiger partial charge in [0.05, 0.1) is 5.92 Å². The van der Waals surface area contributed by atoms with E-state index < -0.39 is 11.9 Å². The second kappa shape index (κ2) is 7.37. The molecule has 0 bridgehead atoms. The number of piperidine rings is 1. The van der Waals surface area contributed by atoms with Crippen molar-refractivity contribution < 1.29 is 14.7 Å². The number of aliphatic carboxylic acids is 1. The van der Waals surface area contributed by atoms with E-state index in [4.69, 9.17) is 0 Å². The van der Waals surface area contributed by atoms with Gasteiger partial charge in [-0.3, -0.25) is 9.59 Å². The highest BCUT2D eigenvalue weighted by Crippen LogP contribution is 2.46. The van der Waals surface area contributed by atoms with E-state index in [0.717, 1.165) is 31.5 Å². The largest absolute Gasteiger partial charge is 0.481 e. The lowest BCUT2D eigenvalue weighted by molar-refractivity contribution is -0.146. The Balaban J connectivity index is 1.55. The molecule has 4 nitrogen and oxygen atoms in total. The van der Waals surface area contributed by atoms with Crippen LogP contribution in [0.2, 0.25) is 0 Å². The normalized spacial score (nSPS) is 20.9. The summed E-state index contributed by atoms with van der Waals surface area (Å²) in [5.41, 5.74) is 1.45. The third-order valence-corrected chi connectivity index (χ3v) is 5.94. The zero-order chi connectivity index (χ0) is 17.0. The molecule has 1 unspecified atom stereocenters. The predicted octanol–water partition coefficient (Wildman–Crippen LogP) is 3.50. The van der Waals surface area contributed by atoms with Crippen LogP contribution in [0.3, 0.4) is 0 Å². The van der Waals surface area contributed by atoms with E-state index >= 15 is 0 Å². The molecule has 130 valence electrons. The highest BCUT2D eigenvalue weighted by Gasteiger charge is 2.38. The summed E-state index contributed by atoms with van der Waals surface area (Å²) in [4.78, 5) is 26.0. The average molecular weight is 329 g/mol. The van der Waals surface area contributed by atoms with Crippen molar-refractivity contribution in [2.24, 2.45) is 11.3 Å². The molecule has 1 aliphatic heterocycles. The zero-order valence-electron chi connectivity index (χ0n) is 14.2. The Bertz CT molecular complexity index is 568. The number of carboxylic acid groups (broad SMARTS) is 1. The van der Waals surface area contributed by atoms with Crippen LogP contribution < -0.4 is 0 Å². The van der Waals surface area contributed by atoms with Crippen molar-refractivity contribution in [3.05, 3.63) is 35.9 Å². The van der Waals surface area contributed by atoms with Gasteiger partial charge in [0.15, 0.2) is 0 Å². The van der Waals surface area contributed by atoms with E-state index in [1.165, 1.54) is 25.7 Å². The van der Waals surface area contributed by atoms with Gasteiger partial charge in [-0.25, -0.2) is 0 Å². The fraction of sp³-hybridized carbons (Fsp3) is 0.600. The average Bonchev–Trinajstić information content (AvgIpc) is 3.03. The summed E-state index contributed by atoms with van der Waals surface area (Å²) in [7, 11) is 0. The maximum atomic E-state index is 12.6. The number of carboxylic acids is 1. The van der Waals surface area contributed by atoms with Gasteiger partial charge in [0.1, 0.15) is 0 Å². The van der Waals surface area contributed by atoms with E-state index in [2.05, 4.69) is 0 Å². The van der Waals surface area contributed by atoms with E-state index in [1.54, 1.807) is 0 Å². The standard InChI is InChI=1S/C20H27NO3/c22-18(21-12-10-20(11-13-21)8-4-5-9-20)15-17(19(23)24)14-16-6-2-1-3-7-16/h1-3,6-7,17H,4-5,8-15H2,(H,23,24). The minimum absolute atomic E-state index is 0.00572. The van der Waals surface area contributed by atoms with Crippen molar-refractivity contribution >= 4 is 11.9 Å². The fourth-order valence-corrected chi connectivity index (χ4v) is 4.34. The molecule has 0 radical (unpaired) electrons. The Labute approximate surface area is 143 Å². The first kappa shape index (κ1) is 17.0. The number of benzene rings is 1. The van der Waals surface area contributed by atoms with Crippen LogP contribution in [-0.4, -0.2) is 35.0 Å². The van der Waals surface area contributed by atoms with Crippen molar-refractivity contribution in [3.63, 3.8) is 0 Å². The minimum Gasteiger partial charge on any atom is -0.481 e. The van der Waals surface area contributed by atoms with E-state index in [0.29, 0.717) is 11.8 Å². The van der Waals surface area contributed by atoms with E-state index in [1.807, 2.05) is 35.2 Å². The molecular weight excluding hydrogens is 302 g/mol. The van der Waals surface area contributed by atoms with Gasteiger partial charge in [0, 0.05) is 19.5 Å². The van der Waals surface area contributed by atoms with Crippen LogP contribution >= 0.6 is 0 Å². The molecule has 1 saturated carbocycles. The van der Waals surface area contributed by atoms with Crippen LogP contribution in [0.25, 0.3) is 0 Å². The van der Waals surface area contributed by atoms with E-state index in [-0.39, 0.29) is 12.3 Å². The van der Waals surface area contributed by atoms with Gasteiger partial charge < -0.3 is 10.0 Å². The summed E-state index contributed by atoms with van der Waals surface area (Å²) >= 11 is 0. The van der Waals surface area contributed by atoms with Gasteiger partial charge in [-0.05, 0) is 43.1 Å². The van der Waals surface area contributed by atoms with Crippen LogP contribution in [0.1, 0.15) is 50.5 Å². The molecule has 1 spiro atoms. The van der Waals surface area contributed by atoms with Gasteiger partial charge in [-0.15, -0.1) is 0 Å². The van der Waals surface area contributed by atoms with Crippen LogP contribution in [0, 0.1) is 11.3 Å². The first-order valence-corrected chi connectivity index (χ1v) is 9.13. The van der Waals surface area contributed by atoms with Gasteiger partial charge >= 0.3 is 5.97 Å². The Morgan fingerprint density at radius 3 is 2.25 bits per heavy atom. The Morgan fingerprint density at radius 2 is 1.67 bits per heavy atom. The fourth-order valence-electron chi connectivity index (χ4n) is 4.34. The maximum absolute atomic E-state index is 12.6.